The zero-order valence-electron chi connectivity index (χ0n) is 8.50. The summed E-state index contributed by atoms with van der Waals surface area (Å²) in [7, 11) is 0. The molecule has 0 radical (unpaired) electrons. The van der Waals surface area contributed by atoms with Gasteiger partial charge in [0.25, 0.3) is 0 Å². The third kappa shape index (κ3) is 1.89. The fourth-order valence-corrected chi connectivity index (χ4v) is 3.17. The van der Waals surface area contributed by atoms with Crippen LogP contribution in [0.5, 0.6) is 5.75 Å². The molecule has 2 N–H and O–H groups in total. The van der Waals surface area contributed by atoms with Crippen molar-refractivity contribution in [3.8, 4) is 5.75 Å². The molecule has 0 fully saturated rings. The van der Waals surface area contributed by atoms with Gasteiger partial charge in [-0.3, -0.25) is 0 Å². The van der Waals surface area contributed by atoms with Gasteiger partial charge in [-0.15, -0.1) is 11.3 Å². The molecule has 2 rings (SSSR count). The van der Waals surface area contributed by atoms with E-state index in [1.807, 2.05) is 13.0 Å². The molecule has 5 heteroatoms. The summed E-state index contributed by atoms with van der Waals surface area (Å²) in [6.45, 7) is 1.90. The Morgan fingerprint density at radius 2 is 2.00 bits per heavy atom. The van der Waals surface area contributed by atoms with E-state index in [-0.39, 0.29) is 10.8 Å². The quantitative estimate of drug-likeness (QED) is 0.856. The van der Waals surface area contributed by atoms with E-state index in [1.54, 1.807) is 6.07 Å². The van der Waals surface area contributed by atoms with Gasteiger partial charge >= 0.3 is 0 Å². The molecule has 0 spiro atoms. The fraction of sp³-hybridized carbons (Fsp3) is 0.273. The number of aliphatic hydroxyl groups is 1. The number of hydrogen-bond donors (Lipinski definition) is 2. The Morgan fingerprint density at radius 1 is 1.31 bits per heavy atom. The Morgan fingerprint density at radius 3 is 2.62 bits per heavy atom. The van der Waals surface area contributed by atoms with Gasteiger partial charge in [-0.2, -0.15) is 0 Å². The minimum Gasteiger partial charge on any atom is -0.506 e. The van der Waals surface area contributed by atoms with Crippen LogP contribution < -0.4 is 0 Å². The van der Waals surface area contributed by atoms with Crippen LogP contribution >= 0.6 is 34.5 Å². The minimum atomic E-state index is -0.491. The van der Waals surface area contributed by atoms with Crippen molar-refractivity contribution in [2.45, 2.75) is 19.4 Å². The van der Waals surface area contributed by atoms with E-state index in [9.17, 15) is 10.2 Å². The smallest absolute Gasteiger partial charge is 0.136 e. The highest BCUT2D eigenvalue weighted by Crippen LogP contribution is 2.43. The minimum absolute atomic E-state index is 0.0329. The van der Waals surface area contributed by atoms with E-state index in [0.29, 0.717) is 11.4 Å². The molecule has 0 aliphatic rings. The number of thiophene rings is 1. The molecule has 2 aromatic rings. The maximum Gasteiger partial charge on any atom is 0.136 e. The first-order valence-electron chi connectivity index (χ1n) is 4.83. The maximum absolute atomic E-state index is 9.73. The SMILES string of the molecule is CCC(O)c1cc2cc(O)c(Cl)c(Cl)c2s1. The Bertz CT molecular complexity index is 536. The van der Waals surface area contributed by atoms with Crippen molar-refractivity contribution in [3.63, 3.8) is 0 Å². The highest BCUT2D eigenvalue weighted by Gasteiger charge is 2.15. The molecule has 0 saturated carbocycles. The molecule has 0 aliphatic heterocycles. The standard InChI is InChI=1S/C11H10Cl2O2S/c1-2-6(14)8-4-5-3-7(15)9(12)10(13)11(5)16-8/h3-4,6,14-15H,2H2,1H3. The number of halogens is 2. The number of aromatic hydroxyl groups is 1. The second-order valence-corrected chi connectivity index (χ2v) is 5.35. The first-order chi connectivity index (χ1) is 7.54. The molecule has 1 atom stereocenters. The Hall–Kier alpha value is -0.480. The van der Waals surface area contributed by atoms with E-state index in [0.717, 1.165) is 15.0 Å². The van der Waals surface area contributed by atoms with Crippen molar-refractivity contribution >= 4 is 44.6 Å². The number of phenols is 1. The molecule has 0 bridgehead atoms. The zero-order valence-corrected chi connectivity index (χ0v) is 10.8. The monoisotopic (exact) mass is 276 g/mol. The molecule has 1 unspecified atom stereocenters. The second kappa shape index (κ2) is 4.41. The molecule has 1 heterocycles. The van der Waals surface area contributed by atoms with E-state index in [1.165, 1.54) is 11.3 Å². The third-order valence-electron chi connectivity index (χ3n) is 2.40. The predicted molar refractivity (Wildman–Crippen MR) is 68.8 cm³/mol. The zero-order chi connectivity index (χ0) is 11.9. The summed E-state index contributed by atoms with van der Waals surface area (Å²) in [4.78, 5) is 0.834. The van der Waals surface area contributed by atoms with E-state index in [2.05, 4.69) is 0 Å². The van der Waals surface area contributed by atoms with E-state index >= 15 is 0 Å². The van der Waals surface area contributed by atoms with Crippen LogP contribution in [-0.2, 0) is 0 Å². The summed E-state index contributed by atoms with van der Waals surface area (Å²) in [5.74, 6) is -0.0329. The Balaban J connectivity index is 2.66. The molecular weight excluding hydrogens is 267 g/mol. The van der Waals surface area contributed by atoms with Gasteiger partial charge in [0.05, 0.1) is 15.8 Å². The summed E-state index contributed by atoms with van der Waals surface area (Å²) < 4.78 is 0.798. The average Bonchev–Trinajstić information content (AvgIpc) is 2.69. The van der Waals surface area contributed by atoms with Crippen molar-refractivity contribution in [2.24, 2.45) is 0 Å². The van der Waals surface area contributed by atoms with Gasteiger partial charge in [0.1, 0.15) is 10.8 Å². The normalized spacial score (nSPS) is 13.2. The van der Waals surface area contributed by atoms with E-state index < -0.39 is 6.10 Å². The van der Waals surface area contributed by atoms with Gasteiger partial charge in [-0.05, 0) is 23.9 Å². The number of hydrogen-bond acceptors (Lipinski definition) is 3. The summed E-state index contributed by atoms with van der Waals surface area (Å²) in [5.41, 5.74) is 0. The summed E-state index contributed by atoms with van der Waals surface area (Å²) in [6.07, 6.45) is 0.152. The lowest BCUT2D eigenvalue weighted by Gasteiger charge is -2.01. The van der Waals surface area contributed by atoms with Crippen molar-refractivity contribution in [3.05, 3.63) is 27.1 Å². The van der Waals surface area contributed by atoms with Gasteiger partial charge in [0.15, 0.2) is 0 Å². The van der Waals surface area contributed by atoms with Gasteiger partial charge < -0.3 is 10.2 Å². The largest absolute Gasteiger partial charge is 0.506 e. The number of rotatable bonds is 2. The number of fused-ring (bicyclic) bond motifs is 1. The van der Waals surface area contributed by atoms with Crippen LogP contribution in [0.1, 0.15) is 24.3 Å². The van der Waals surface area contributed by atoms with Crippen LogP contribution in [0.15, 0.2) is 12.1 Å². The van der Waals surface area contributed by atoms with Crippen LogP contribution in [-0.4, -0.2) is 10.2 Å². The molecule has 86 valence electrons. The van der Waals surface area contributed by atoms with Gasteiger partial charge in [-0.25, -0.2) is 0 Å². The molecule has 2 nitrogen and oxygen atoms in total. The average molecular weight is 277 g/mol. The molecule has 1 aromatic heterocycles. The molecular formula is C11H10Cl2O2S. The topological polar surface area (TPSA) is 40.5 Å². The predicted octanol–water partition coefficient (Wildman–Crippen LogP) is 4.36. The Kier molecular flexibility index (Phi) is 3.31. The lowest BCUT2D eigenvalue weighted by molar-refractivity contribution is 0.177. The highest BCUT2D eigenvalue weighted by molar-refractivity contribution is 7.19. The third-order valence-corrected chi connectivity index (χ3v) is 4.64. The lowest BCUT2D eigenvalue weighted by Crippen LogP contribution is -1.89. The van der Waals surface area contributed by atoms with Crippen molar-refractivity contribution in [2.75, 3.05) is 0 Å². The van der Waals surface area contributed by atoms with E-state index in [4.69, 9.17) is 23.2 Å². The van der Waals surface area contributed by atoms with Crippen LogP contribution in [0.2, 0.25) is 10.0 Å². The molecule has 16 heavy (non-hydrogen) atoms. The van der Waals surface area contributed by atoms with Crippen LogP contribution in [0.3, 0.4) is 0 Å². The summed E-state index contributed by atoms with van der Waals surface area (Å²) in [5, 5.41) is 20.6. The first-order valence-corrected chi connectivity index (χ1v) is 6.40. The van der Waals surface area contributed by atoms with Crippen molar-refractivity contribution in [1.29, 1.82) is 0 Å². The summed E-state index contributed by atoms with van der Waals surface area (Å²) in [6, 6.07) is 3.39. The van der Waals surface area contributed by atoms with Crippen LogP contribution in [0, 0.1) is 0 Å². The van der Waals surface area contributed by atoms with Crippen LogP contribution in [0.4, 0.5) is 0 Å². The lowest BCUT2D eigenvalue weighted by atomic mass is 10.2. The van der Waals surface area contributed by atoms with Gasteiger partial charge in [-0.1, -0.05) is 30.1 Å². The number of phenolic OH excluding ortho intramolecular Hbond substituents is 1. The molecule has 0 amide bonds. The number of benzene rings is 1. The number of aliphatic hydroxyl groups excluding tert-OH is 1. The molecule has 1 aromatic carbocycles. The molecule has 0 aliphatic carbocycles. The van der Waals surface area contributed by atoms with Crippen molar-refractivity contribution in [1.82, 2.24) is 0 Å². The molecule has 0 saturated heterocycles. The Labute approximate surface area is 107 Å². The second-order valence-electron chi connectivity index (χ2n) is 3.51. The fourth-order valence-electron chi connectivity index (χ4n) is 1.49. The van der Waals surface area contributed by atoms with Crippen LogP contribution in [0.25, 0.3) is 10.1 Å². The van der Waals surface area contributed by atoms with Crippen molar-refractivity contribution < 1.29 is 10.2 Å². The maximum atomic E-state index is 9.73. The van der Waals surface area contributed by atoms with Gasteiger partial charge in [0, 0.05) is 4.88 Å². The highest BCUT2D eigenvalue weighted by atomic mass is 35.5. The van der Waals surface area contributed by atoms with Gasteiger partial charge in [0.2, 0.25) is 0 Å². The first kappa shape index (κ1) is 12.0. The summed E-state index contributed by atoms with van der Waals surface area (Å²) >= 11 is 13.3.